The van der Waals surface area contributed by atoms with E-state index in [1.54, 1.807) is 0 Å². The lowest BCUT2D eigenvalue weighted by molar-refractivity contribution is 0.0678. The van der Waals surface area contributed by atoms with Gasteiger partial charge in [-0.05, 0) is 60.0 Å². The van der Waals surface area contributed by atoms with Crippen LogP contribution in [0.1, 0.15) is 62.4 Å². The molecular formula is C17H25BrN2O. The van der Waals surface area contributed by atoms with E-state index < -0.39 is 0 Å². The molecule has 0 aromatic carbocycles. The van der Waals surface area contributed by atoms with Crippen LogP contribution in [-0.2, 0) is 6.54 Å². The van der Waals surface area contributed by atoms with E-state index in [1.165, 1.54) is 38.5 Å². The zero-order valence-corrected chi connectivity index (χ0v) is 14.4. The summed E-state index contributed by atoms with van der Waals surface area (Å²) in [6.45, 7) is 4.00. The molecule has 1 unspecified atom stereocenters. The third-order valence-corrected chi connectivity index (χ3v) is 5.48. The Balaban J connectivity index is 1.80. The fraction of sp³-hybridized carbons (Fsp3) is 0.706. The highest BCUT2D eigenvalue weighted by atomic mass is 79.9. The van der Waals surface area contributed by atoms with Crippen LogP contribution in [0.2, 0.25) is 0 Å². The van der Waals surface area contributed by atoms with Gasteiger partial charge in [-0.1, -0.05) is 19.8 Å². The second-order valence-corrected chi connectivity index (χ2v) is 7.41. The summed E-state index contributed by atoms with van der Waals surface area (Å²) in [5.74, 6) is 0.984. The second kappa shape index (κ2) is 6.55. The van der Waals surface area contributed by atoms with Crippen LogP contribution in [0.25, 0.3) is 0 Å². The average molecular weight is 353 g/mol. The molecule has 2 aliphatic rings. The van der Waals surface area contributed by atoms with Gasteiger partial charge in [0.05, 0.1) is 0 Å². The van der Waals surface area contributed by atoms with Gasteiger partial charge in [0.25, 0.3) is 5.91 Å². The predicted octanol–water partition coefficient (Wildman–Crippen LogP) is 4.46. The highest BCUT2D eigenvalue weighted by molar-refractivity contribution is 9.10. The van der Waals surface area contributed by atoms with Crippen LogP contribution in [0.4, 0.5) is 0 Å². The second-order valence-electron chi connectivity index (χ2n) is 6.49. The number of carbonyl (C=O) groups excluding carboxylic acids is 1. The number of rotatable bonds is 4. The van der Waals surface area contributed by atoms with Crippen LogP contribution in [0.3, 0.4) is 0 Å². The van der Waals surface area contributed by atoms with Gasteiger partial charge in [-0.2, -0.15) is 0 Å². The summed E-state index contributed by atoms with van der Waals surface area (Å²) in [5.41, 5.74) is 0.855. The van der Waals surface area contributed by atoms with Crippen LogP contribution >= 0.6 is 15.9 Å². The van der Waals surface area contributed by atoms with Crippen molar-refractivity contribution in [2.75, 3.05) is 6.54 Å². The van der Waals surface area contributed by atoms with Gasteiger partial charge in [-0.3, -0.25) is 4.79 Å². The van der Waals surface area contributed by atoms with Gasteiger partial charge in [0.2, 0.25) is 0 Å². The van der Waals surface area contributed by atoms with E-state index in [0.29, 0.717) is 6.04 Å². The van der Waals surface area contributed by atoms with Gasteiger partial charge in [0.1, 0.15) is 5.69 Å². The van der Waals surface area contributed by atoms with Gasteiger partial charge >= 0.3 is 0 Å². The monoisotopic (exact) mass is 352 g/mol. The maximum absolute atomic E-state index is 13.0. The van der Waals surface area contributed by atoms with Crippen LogP contribution < -0.4 is 0 Å². The lowest BCUT2D eigenvalue weighted by Gasteiger charge is -2.29. The summed E-state index contributed by atoms with van der Waals surface area (Å²) in [5, 5.41) is 0. The summed E-state index contributed by atoms with van der Waals surface area (Å²) in [6.07, 6.45) is 10.8. The number of halogens is 1. The summed E-state index contributed by atoms with van der Waals surface area (Å²) >= 11 is 3.52. The molecule has 0 spiro atoms. The molecule has 2 heterocycles. The van der Waals surface area contributed by atoms with Crippen molar-refractivity contribution < 1.29 is 4.79 Å². The predicted molar refractivity (Wildman–Crippen MR) is 88.4 cm³/mol. The minimum atomic E-state index is 0.239. The van der Waals surface area contributed by atoms with E-state index in [9.17, 15) is 4.79 Å². The Morgan fingerprint density at radius 2 is 2.05 bits per heavy atom. The molecule has 116 valence electrons. The number of carbonyl (C=O) groups is 1. The first kappa shape index (κ1) is 15.1. The van der Waals surface area contributed by atoms with Crippen molar-refractivity contribution in [2.24, 2.45) is 5.92 Å². The van der Waals surface area contributed by atoms with Crippen LogP contribution in [0.15, 0.2) is 16.7 Å². The highest BCUT2D eigenvalue weighted by Gasteiger charge is 2.36. The van der Waals surface area contributed by atoms with Gasteiger partial charge in [0.15, 0.2) is 0 Å². The first-order chi connectivity index (χ1) is 10.2. The molecule has 1 saturated heterocycles. The van der Waals surface area contributed by atoms with Crippen LogP contribution in [0.5, 0.6) is 0 Å². The molecular weight excluding hydrogens is 328 g/mol. The molecule has 2 fully saturated rings. The molecule has 21 heavy (non-hydrogen) atoms. The van der Waals surface area contributed by atoms with Crippen LogP contribution in [-0.4, -0.2) is 28.0 Å². The van der Waals surface area contributed by atoms with E-state index >= 15 is 0 Å². The topological polar surface area (TPSA) is 25.2 Å². The van der Waals surface area contributed by atoms with Gasteiger partial charge in [0, 0.05) is 29.8 Å². The number of nitrogens with zero attached hydrogens (tertiary/aromatic N) is 2. The SMILES string of the molecule is CCCn1cc(Br)cc1C(=O)N1CCCC1C1CCCC1. The fourth-order valence-electron chi connectivity index (χ4n) is 4.10. The van der Waals surface area contributed by atoms with Gasteiger partial charge in [-0.25, -0.2) is 0 Å². The molecule has 3 rings (SSSR count). The third kappa shape index (κ3) is 3.05. The Hall–Kier alpha value is -0.770. The van der Waals surface area contributed by atoms with Crippen molar-refractivity contribution in [1.82, 2.24) is 9.47 Å². The average Bonchev–Trinajstić information content (AvgIpc) is 3.17. The highest BCUT2D eigenvalue weighted by Crippen LogP contribution is 2.36. The molecule has 0 bridgehead atoms. The fourth-order valence-corrected chi connectivity index (χ4v) is 4.57. The number of amides is 1. The number of aromatic nitrogens is 1. The van der Waals surface area contributed by atoms with E-state index in [2.05, 4.69) is 32.3 Å². The van der Waals surface area contributed by atoms with Gasteiger partial charge < -0.3 is 9.47 Å². The molecule has 3 nitrogen and oxygen atoms in total. The van der Waals surface area contributed by atoms with Crippen molar-refractivity contribution in [2.45, 2.75) is 64.5 Å². The van der Waals surface area contributed by atoms with E-state index in [1.807, 2.05) is 12.3 Å². The molecule has 4 heteroatoms. The summed E-state index contributed by atoms with van der Waals surface area (Å²) in [4.78, 5) is 15.2. The van der Waals surface area contributed by atoms with Crippen molar-refractivity contribution >= 4 is 21.8 Å². The zero-order valence-electron chi connectivity index (χ0n) is 12.9. The van der Waals surface area contributed by atoms with Gasteiger partial charge in [-0.15, -0.1) is 0 Å². The van der Waals surface area contributed by atoms with Crippen molar-refractivity contribution in [1.29, 1.82) is 0 Å². The molecule has 1 aromatic rings. The van der Waals surface area contributed by atoms with Crippen LogP contribution in [0, 0.1) is 5.92 Å². The lowest BCUT2D eigenvalue weighted by Crippen LogP contribution is -2.40. The first-order valence-electron chi connectivity index (χ1n) is 8.37. The Bertz CT molecular complexity index is 505. The molecule has 1 saturated carbocycles. The normalized spacial score (nSPS) is 23.1. The van der Waals surface area contributed by atoms with E-state index in [4.69, 9.17) is 0 Å². The zero-order chi connectivity index (χ0) is 14.8. The van der Waals surface area contributed by atoms with Crippen molar-refractivity contribution in [3.63, 3.8) is 0 Å². The summed E-state index contributed by atoms with van der Waals surface area (Å²) in [6, 6.07) is 2.48. The maximum Gasteiger partial charge on any atom is 0.270 e. The smallest absolute Gasteiger partial charge is 0.270 e. The Labute approximate surface area is 135 Å². The number of hydrogen-bond acceptors (Lipinski definition) is 1. The number of aryl methyl sites for hydroxylation is 1. The molecule has 1 aliphatic carbocycles. The summed E-state index contributed by atoms with van der Waals surface area (Å²) in [7, 11) is 0. The molecule has 1 aliphatic heterocycles. The Morgan fingerprint density at radius 3 is 2.76 bits per heavy atom. The van der Waals surface area contributed by atoms with E-state index in [0.717, 1.165) is 35.6 Å². The molecule has 1 atom stereocenters. The third-order valence-electron chi connectivity index (χ3n) is 5.05. The Kier molecular flexibility index (Phi) is 4.72. The minimum absolute atomic E-state index is 0.239. The van der Waals surface area contributed by atoms with Crippen molar-refractivity contribution in [3.8, 4) is 0 Å². The standard InChI is InChI=1S/C17H25BrN2O/c1-2-9-19-12-14(18)11-16(19)17(21)20-10-5-8-15(20)13-6-3-4-7-13/h11-13,15H,2-10H2,1H3. The van der Waals surface area contributed by atoms with E-state index in [-0.39, 0.29) is 5.91 Å². The molecule has 1 amide bonds. The Morgan fingerprint density at radius 1 is 1.29 bits per heavy atom. The number of likely N-dealkylation sites (tertiary alicyclic amines) is 1. The molecule has 0 N–H and O–H groups in total. The quantitative estimate of drug-likeness (QED) is 0.785. The molecule has 1 aromatic heterocycles. The summed E-state index contributed by atoms with van der Waals surface area (Å²) < 4.78 is 3.12. The lowest BCUT2D eigenvalue weighted by atomic mass is 9.96. The van der Waals surface area contributed by atoms with Crippen molar-refractivity contribution in [3.05, 3.63) is 22.4 Å². The molecule has 0 radical (unpaired) electrons. The maximum atomic E-state index is 13.0. The number of hydrogen-bond donors (Lipinski definition) is 0. The largest absolute Gasteiger partial charge is 0.342 e. The first-order valence-corrected chi connectivity index (χ1v) is 9.16. The minimum Gasteiger partial charge on any atom is -0.342 e.